The third-order valence-electron chi connectivity index (χ3n) is 6.15. The third-order valence-corrected chi connectivity index (χ3v) is 6.15. The second-order valence-corrected chi connectivity index (χ2v) is 8.52. The van der Waals surface area contributed by atoms with Gasteiger partial charge in [-0.25, -0.2) is 9.78 Å². The molecule has 2 heterocycles. The van der Waals surface area contributed by atoms with Gasteiger partial charge in [0, 0.05) is 25.6 Å². The molecule has 0 atom stereocenters. The Bertz CT molecular complexity index is 1360. The summed E-state index contributed by atoms with van der Waals surface area (Å²) in [6, 6.07) is 15.9. The predicted molar refractivity (Wildman–Crippen MR) is 139 cm³/mol. The minimum Gasteiger partial charge on any atom is -0.464 e. The SMILES string of the molecule is CCCCc1nc(N(C)C(=O)CN)c(C(=O)OC)n1Cc1ccc(-c2ccccc2-c2nn[nH]n2)cc1. The van der Waals surface area contributed by atoms with Crippen molar-refractivity contribution in [2.75, 3.05) is 25.6 Å². The summed E-state index contributed by atoms with van der Waals surface area (Å²) in [5.74, 6) is 0.568. The van der Waals surface area contributed by atoms with E-state index in [1.165, 1.54) is 12.0 Å². The van der Waals surface area contributed by atoms with E-state index in [9.17, 15) is 9.59 Å². The lowest BCUT2D eigenvalue weighted by Crippen LogP contribution is -2.34. The highest BCUT2D eigenvalue weighted by molar-refractivity contribution is 6.01. The quantitative estimate of drug-likeness (QED) is 0.315. The number of ether oxygens (including phenoxy) is 1. The van der Waals surface area contributed by atoms with Crippen molar-refractivity contribution in [2.45, 2.75) is 32.7 Å². The first-order valence-electron chi connectivity index (χ1n) is 12.0. The number of imidazole rings is 1. The maximum Gasteiger partial charge on any atom is 0.358 e. The number of esters is 1. The molecule has 0 unspecified atom stereocenters. The molecule has 0 fully saturated rings. The first-order valence-corrected chi connectivity index (χ1v) is 12.0. The molecule has 1 amide bonds. The number of anilines is 1. The summed E-state index contributed by atoms with van der Waals surface area (Å²) in [5.41, 5.74) is 9.58. The molecule has 37 heavy (non-hydrogen) atoms. The van der Waals surface area contributed by atoms with Crippen LogP contribution >= 0.6 is 0 Å². The number of benzene rings is 2. The van der Waals surface area contributed by atoms with Crippen LogP contribution in [-0.2, 0) is 22.5 Å². The maximum atomic E-state index is 12.9. The van der Waals surface area contributed by atoms with Crippen LogP contribution in [0.5, 0.6) is 0 Å². The van der Waals surface area contributed by atoms with E-state index in [2.05, 4.69) is 32.5 Å². The molecule has 0 saturated carbocycles. The molecule has 2 aromatic heterocycles. The highest BCUT2D eigenvalue weighted by Crippen LogP contribution is 2.30. The van der Waals surface area contributed by atoms with E-state index >= 15 is 0 Å². The van der Waals surface area contributed by atoms with E-state index in [0.717, 1.165) is 35.1 Å². The number of aromatic amines is 1. The number of carbonyl (C=O) groups excluding carboxylic acids is 2. The van der Waals surface area contributed by atoms with Crippen molar-refractivity contribution in [1.82, 2.24) is 30.2 Å². The third kappa shape index (κ3) is 5.41. The lowest BCUT2D eigenvalue weighted by atomic mass is 9.98. The molecule has 4 rings (SSSR count). The molecule has 0 aliphatic heterocycles. The minimum absolute atomic E-state index is 0.193. The molecular formula is C26H30N8O3. The second kappa shape index (κ2) is 11.6. The van der Waals surface area contributed by atoms with Crippen LogP contribution < -0.4 is 10.6 Å². The van der Waals surface area contributed by atoms with Gasteiger partial charge in [-0.15, -0.1) is 10.2 Å². The lowest BCUT2D eigenvalue weighted by Gasteiger charge is -2.16. The van der Waals surface area contributed by atoms with E-state index in [1.807, 2.05) is 53.1 Å². The number of nitrogens with two attached hydrogens (primary N) is 1. The first-order chi connectivity index (χ1) is 18.0. The number of amides is 1. The van der Waals surface area contributed by atoms with Crippen molar-refractivity contribution >= 4 is 17.7 Å². The number of hydrogen-bond acceptors (Lipinski definition) is 8. The summed E-state index contributed by atoms with van der Waals surface area (Å²) in [6.07, 6.45) is 2.50. The molecule has 11 heteroatoms. The van der Waals surface area contributed by atoms with Crippen LogP contribution in [0.25, 0.3) is 22.5 Å². The molecule has 3 N–H and O–H groups in total. The average Bonchev–Trinajstić information content (AvgIpc) is 3.60. The molecule has 0 spiro atoms. The number of aromatic nitrogens is 6. The van der Waals surface area contributed by atoms with Crippen LogP contribution in [0.2, 0.25) is 0 Å². The van der Waals surface area contributed by atoms with E-state index in [1.54, 1.807) is 7.05 Å². The fourth-order valence-corrected chi connectivity index (χ4v) is 4.15. The van der Waals surface area contributed by atoms with Crippen LogP contribution in [-0.4, -0.2) is 62.8 Å². The standard InChI is InChI=1S/C26H30N8O3/c1-4-5-10-21-28-25(33(2)22(35)15-27)23(26(36)37-3)34(21)16-17-11-13-18(14-12-17)19-8-6-7-9-20(19)24-29-31-32-30-24/h6-9,11-14H,4-5,10,15-16,27H2,1-3H3,(H,29,30,31,32). The molecule has 0 radical (unpaired) electrons. The first kappa shape index (κ1) is 25.7. The topological polar surface area (TPSA) is 145 Å². The Hall–Kier alpha value is -4.38. The Morgan fingerprint density at radius 2 is 1.84 bits per heavy atom. The zero-order valence-electron chi connectivity index (χ0n) is 21.1. The van der Waals surface area contributed by atoms with Crippen LogP contribution in [0.4, 0.5) is 5.82 Å². The molecule has 192 valence electrons. The molecule has 4 aromatic rings. The molecule has 2 aromatic carbocycles. The highest BCUT2D eigenvalue weighted by atomic mass is 16.5. The van der Waals surface area contributed by atoms with E-state index in [-0.39, 0.29) is 24.0 Å². The Labute approximate surface area is 214 Å². The van der Waals surface area contributed by atoms with Gasteiger partial charge in [-0.1, -0.05) is 61.9 Å². The number of nitrogens with zero attached hydrogens (tertiary/aromatic N) is 6. The summed E-state index contributed by atoms with van der Waals surface area (Å²) < 4.78 is 6.91. The summed E-state index contributed by atoms with van der Waals surface area (Å²) in [4.78, 5) is 31.2. The van der Waals surface area contributed by atoms with E-state index in [4.69, 9.17) is 10.5 Å². The number of carbonyl (C=O) groups is 2. The van der Waals surface area contributed by atoms with Gasteiger partial charge in [0.05, 0.1) is 13.7 Å². The summed E-state index contributed by atoms with van der Waals surface area (Å²) in [7, 11) is 2.88. The Balaban J connectivity index is 1.71. The normalized spacial score (nSPS) is 10.9. The van der Waals surface area contributed by atoms with Crippen molar-refractivity contribution in [3.8, 4) is 22.5 Å². The largest absolute Gasteiger partial charge is 0.464 e. The van der Waals surface area contributed by atoms with Gasteiger partial charge in [-0.2, -0.15) is 5.21 Å². The summed E-state index contributed by atoms with van der Waals surface area (Å²) in [5, 5.41) is 14.4. The van der Waals surface area contributed by atoms with Crippen molar-refractivity contribution < 1.29 is 14.3 Å². The van der Waals surface area contributed by atoms with Crippen molar-refractivity contribution in [1.29, 1.82) is 0 Å². The number of rotatable bonds is 10. The van der Waals surface area contributed by atoms with Crippen LogP contribution in [0.3, 0.4) is 0 Å². The zero-order valence-corrected chi connectivity index (χ0v) is 21.1. The maximum absolute atomic E-state index is 12.9. The van der Waals surface area contributed by atoms with Gasteiger partial charge >= 0.3 is 5.97 Å². The molecule has 0 aliphatic rings. The number of tetrazole rings is 1. The van der Waals surface area contributed by atoms with E-state index < -0.39 is 5.97 Å². The molecular weight excluding hydrogens is 472 g/mol. The van der Waals surface area contributed by atoms with Crippen molar-refractivity contribution in [3.63, 3.8) is 0 Å². The van der Waals surface area contributed by atoms with Crippen molar-refractivity contribution in [2.24, 2.45) is 5.73 Å². The number of nitrogens with one attached hydrogen (secondary N) is 1. The number of methoxy groups -OCH3 is 1. The number of hydrogen-bond donors (Lipinski definition) is 2. The number of H-pyrrole nitrogens is 1. The van der Waals surface area contributed by atoms with Gasteiger partial charge in [0.25, 0.3) is 0 Å². The number of unbranched alkanes of at least 4 members (excludes halogenated alkanes) is 1. The van der Waals surface area contributed by atoms with Gasteiger partial charge in [0.15, 0.2) is 11.5 Å². The minimum atomic E-state index is -0.562. The molecule has 0 bridgehead atoms. The van der Waals surface area contributed by atoms with Crippen LogP contribution in [0.1, 0.15) is 41.6 Å². The summed E-state index contributed by atoms with van der Waals surface area (Å²) in [6.45, 7) is 2.28. The monoisotopic (exact) mass is 502 g/mol. The Morgan fingerprint density at radius 1 is 1.11 bits per heavy atom. The average molecular weight is 503 g/mol. The molecule has 0 aliphatic carbocycles. The van der Waals surface area contributed by atoms with Gasteiger partial charge in [-0.05, 0) is 28.3 Å². The predicted octanol–water partition coefficient (Wildman–Crippen LogP) is 2.83. The number of likely N-dealkylation sites (N-methyl/N-ethyl adjacent to an activating group) is 1. The van der Waals surface area contributed by atoms with Gasteiger partial charge < -0.3 is 15.0 Å². The Morgan fingerprint density at radius 3 is 2.46 bits per heavy atom. The number of aryl methyl sites for hydroxylation is 1. The molecule has 11 nitrogen and oxygen atoms in total. The van der Waals surface area contributed by atoms with Crippen molar-refractivity contribution in [3.05, 3.63) is 65.6 Å². The van der Waals surface area contributed by atoms with Gasteiger partial charge in [0.1, 0.15) is 5.82 Å². The fraction of sp³-hybridized carbons (Fsp3) is 0.308. The van der Waals surface area contributed by atoms with Gasteiger partial charge in [-0.3, -0.25) is 9.69 Å². The lowest BCUT2D eigenvalue weighted by molar-refractivity contribution is -0.117. The smallest absolute Gasteiger partial charge is 0.358 e. The van der Waals surface area contributed by atoms with Crippen LogP contribution in [0, 0.1) is 0 Å². The Kier molecular flexibility index (Phi) is 8.04. The fourth-order valence-electron chi connectivity index (χ4n) is 4.15. The second-order valence-electron chi connectivity index (χ2n) is 8.52. The highest BCUT2D eigenvalue weighted by Gasteiger charge is 2.28. The van der Waals surface area contributed by atoms with Crippen LogP contribution in [0.15, 0.2) is 48.5 Å². The molecule has 0 saturated heterocycles. The summed E-state index contributed by atoms with van der Waals surface area (Å²) >= 11 is 0. The van der Waals surface area contributed by atoms with Gasteiger partial charge in [0.2, 0.25) is 11.7 Å². The van der Waals surface area contributed by atoms with E-state index in [0.29, 0.717) is 24.6 Å². The zero-order chi connectivity index (χ0) is 26.4.